The first-order chi connectivity index (χ1) is 20.0. The van der Waals surface area contributed by atoms with Gasteiger partial charge in [0.15, 0.2) is 17.7 Å². The van der Waals surface area contributed by atoms with Crippen molar-refractivity contribution >= 4 is 33.9 Å². The van der Waals surface area contributed by atoms with Gasteiger partial charge < -0.3 is 28.4 Å². The molecule has 1 fully saturated rings. The monoisotopic (exact) mass is 636 g/mol. The summed E-state index contributed by atoms with van der Waals surface area (Å²) in [6.07, 6.45) is -7.10. The molecule has 19 heteroatoms. The topological polar surface area (TPSA) is 219 Å². The van der Waals surface area contributed by atoms with Gasteiger partial charge in [-0.2, -0.15) is 0 Å². The molecular formula is C24H30F2N4O12S. The number of rotatable bonds is 13. The molecular weight excluding hydrogens is 606 g/mol. The number of carbonyl (C=O) groups is 4. The number of ether oxygens (including phenoxy) is 6. The molecule has 0 radical (unpaired) electrons. The Hall–Kier alpha value is -3.90. The lowest BCUT2D eigenvalue weighted by Gasteiger charge is -2.48. The molecule has 0 aromatic heterocycles. The van der Waals surface area contributed by atoms with E-state index in [0.717, 1.165) is 52.3 Å². The molecule has 1 heterocycles. The molecule has 1 aromatic carbocycles. The van der Waals surface area contributed by atoms with Gasteiger partial charge in [-0.1, -0.05) is 17.2 Å². The number of nitrogens with one attached hydrogen (secondary N) is 1. The third-order valence-corrected chi connectivity index (χ3v) is 6.54. The van der Waals surface area contributed by atoms with Crippen LogP contribution >= 0.6 is 0 Å². The molecule has 1 N–H and O–H groups in total. The second-order valence-corrected chi connectivity index (χ2v) is 11.0. The Bertz CT molecular complexity index is 1370. The summed E-state index contributed by atoms with van der Waals surface area (Å²) in [6, 6.07) is 1.47. The zero-order valence-electron chi connectivity index (χ0n) is 23.6. The van der Waals surface area contributed by atoms with E-state index in [4.69, 9.17) is 34.0 Å². The zero-order valence-corrected chi connectivity index (χ0v) is 24.5. The van der Waals surface area contributed by atoms with Crippen LogP contribution in [0.25, 0.3) is 10.4 Å². The summed E-state index contributed by atoms with van der Waals surface area (Å²) in [6.45, 7) is 1.37. The fourth-order valence-corrected chi connectivity index (χ4v) is 5.09. The Labute approximate surface area is 244 Å². The van der Waals surface area contributed by atoms with Crippen LogP contribution in [-0.2, 0) is 64.2 Å². The maximum atomic E-state index is 14.5. The van der Waals surface area contributed by atoms with Crippen molar-refractivity contribution in [2.75, 3.05) is 19.9 Å². The first-order valence-corrected chi connectivity index (χ1v) is 14.3. The predicted octanol–water partition coefficient (Wildman–Crippen LogP) is 1.16. The number of halogens is 2. The van der Waals surface area contributed by atoms with Crippen molar-refractivity contribution < 1.29 is 64.8 Å². The van der Waals surface area contributed by atoms with Crippen molar-refractivity contribution in [2.24, 2.45) is 5.11 Å². The quantitative estimate of drug-likeness (QED) is 0.106. The number of sulfonamides is 1. The van der Waals surface area contributed by atoms with E-state index in [9.17, 15) is 36.4 Å². The molecule has 1 aliphatic rings. The largest absolute Gasteiger partial charge is 0.465 e. The number of carbonyl (C=O) groups excluding carboxylic acids is 4. The van der Waals surface area contributed by atoms with Crippen molar-refractivity contribution in [3.05, 3.63) is 45.8 Å². The van der Waals surface area contributed by atoms with Crippen LogP contribution in [-0.4, -0.2) is 88.5 Å². The molecule has 0 aliphatic carbocycles. The van der Waals surface area contributed by atoms with E-state index in [-0.39, 0.29) is 5.56 Å². The minimum absolute atomic E-state index is 0.374. The van der Waals surface area contributed by atoms with Gasteiger partial charge in [-0.15, -0.1) is 0 Å². The average molecular weight is 637 g/mol. The molecule has 0 bridgehead atoms. The van der Waals surface area contributed by atoms with Crippen LogP contribution in [0.2, 0.25) is 0 Å². The average Bonchev–Trinajstić information content (AvgIpc) is 2.90. The van der Waals surface area contributed by atoms with Gasteiger partial charge in [0, 0.05) is 31.2 Å². The van der Waals surface area contributed by atoms with E-state index >= 15 is 0 Å². The highest BCUT2D eigenvalue weighted by molar-refractivity contribution is 7.88. The minimum atomic E-state index is -4.18. The van der Waals surface area contributed by atoms with E-state index in [1.807, 2.05) is 0 Å². The van der Waals surface area contributed by atoms with E-state index in [0.29, 0.717) is 0 Å². The maximum absolute atomic E-state index is 14.5. The molecule has 0 amide bonds. The summed E-state index contributed by atoms with van der Waals surface area (Å²) in [5, 5.41) is 3.33. The second-order valence-electron chi connectivity index (χ2n) is 9.23. The normalized spacial score (nSPS) is 23.2. The van der Waals surface area contributed by atoms with Gasteiger partial charge in [0.25, 0.3) is 5.79 Å². The summed E-state index contributed by atoms with van der Waals surface area (Å²) in [5.74, 6) is -9.43. The Kier molecular flexibility index (Phi) is 12.3. The Morgan fingerprint density at radius 1 is 1.16 bits per heavy atom. The van der Waals surface area contributed by atoms with Gasteiger partial charge in [0.1, 0.15) is 18.3 Å². The fourth-order valence-electron chi connectivity index (χ4n) is 4.31. The van der Waals surface area contributed by atoms with Crippen molar-refractivity contribution in [2.45, 2.75) is 70.0 Å². The number of benzene rings is 1. The standard InChI is InChI=1S/C24H30F2N4O12S/c1-12(31)39-17-9-24(23(34)37-4,38-11-15-7-6-8-16(25)19(15)26)42-22(20(17)29-43(5,35)36)21(41-14(3)33)18(10-28-30-27)40-13(2)32/h6-8,17-18,20-22,29H,9-11H2,1-5H3/t17-,18+,20+,21+,22+,24+/m0/s1. The van der Waals surface area contributed by atoms with Crippen LogP contribution in [0.5, 0.6) is 0 Å². The molecule has 16 nitrogen and oxygen atoms in total. The molecule has 0 saturated carbocycles. The second kappa shape index (κ2) is 15.0. The molecule has 238 valence electrons. The van der Waals surface area contributed by atoms with Crippen molar-refractivity contribution in [1.82, 2.24) is 4.72 Å². The number of methoxy groups -OCH3 is 1. The maximum Gasteiger partial charge on any atom is 0.366 e. The summed E-state index contributed by atoms with van der Waals surface area (Å²) in [7, 11) is -3.26. The number of nitrogens with zero attached hydrogens (tertiary/aromatic N) is 3. The minimum Gasteiger partial charge on any atom is -0.465 e. The van der Waals surface area contributed by atoms with Gasteiger partial charge in [0.05, 0.1) is 39.0 Å². The van der Waals surface area contributed by atoms with Gasteiger partial charge in [-0.3, -0.25) is 14.4 Å². The van der Waals surface area contributed by atoms with Gasteiger partial charge in [0.2, 0.25) is 10.0 Å². The highest BCUT2D eigenvalue weighted by Gasteiger charge is 2.59. The molecule has 1 aliphatic heterocycles. The Morgan fingerprint density at radius 3 is 2.35 bits per heavy atom. The summed E-state index contributed by atoms with van der Waals surface area (Å²) in [4.78, 5) is 52.0. The first kappa shape index (κ1) is 35.3. The Morgan fingerprint density at radius 2 is 1.81 bits per heavy atom. The summed E-state index contributed by atoms with van der Waals surface area (Å²) in [5.41, 5.74) is 8.49. The van der Waals surface area contributed by atoms with Crippen LogP contribution in [0.4, 0.5) is 8.78 Å². The van der Waals surface area contributed by atoms with Crippen molar-refractivity contribution in [3.8, 4) is 0 Å². The highest BCUT2D eigenvalue weighted by atomic mass is 32.2. The number of esters is 4. The van der Waals surface area contributed by atoms with E-state index in [2.05, 4.69) is 14.7 Å². The van der Waals surface area contributed by atoms with Crippen LogP contribution < -0.4 is 4.72 Å². The highest BCUT2D eigenvalue weighted by Crippen LogP contribution is 2.38. The van der Waals surface area contributed by atoms with Crippen LogP contribution in [0, 0.1) is 11.6 Å². The van der Waals surface area contributed by atoms with Gasteiger partial charge in [-0.05, 0) is 11.6 Å². The lowest BCUT2D eigenvalue weighted by molar-refractivity contribution is -0.316. The number of azide groups is 1. The van der Waals surface area contributed by atoms with E-state index in [1.165, 1.54) is 0 Å². The van der Waals surface area contributed by atoms with Crippen LogP contribution in [0.3, 0.4) is 0 Å². The summed E-state index contributed by atoms with van der Waals surface area (Å²) < 4.78 is 87.6. The van der Waals surface area contributed by atoms with E-state index in [1.54, 1.807) is 0 Å². The zero-order chi connectivity index (χ0) is 32.5. The smallest absolute Gasteiger partial charge is 0.366 e. The van der Waals surface area contributed by atoms with Crippen LogP contribution in [0.1, 0.15) is 32.8 Å². The molecule has 6 atom stereocenters. The van der Waals surface area contributed by atoms with E-state index < -0.39 is 101 Å². The molecule has 1 aromatic rings. The fraction of sp³-hybridized carbons (Fsp3) is 0.583. The lowest BCUT2D eigenvalue weighted by atomic mass is 9.88. The van der Waals surface area contributed by atoms with Crippen molar-refractivity contribution in [1.29, 1.82) is 0 Å². The summed E-state index contributed by atoms with van der Waals surface area (Å²) >= 11 is 0. The predicted molar refractivity (Wildman–Crippen MR) is 138 cm³/mol. The molecule has 2 rings (SSSR count). The molecule has 43 heavy (non-hydrogen) atoms. The molecule has 1 saturated heterocycles. The first-order valence-electron chi connectivity index (χ1n) is 12.4. The lowest BCUT2D eigenvalue weighted by Crippen LogP contribution is -2.69. The van der Waals surface area contributed by atoms with Crippen LogP contribution in [0.15, 0.2) is 23.3 Å². The third-order valence-electron chi connectivity index (χ3n) is 5.84. The molecule has 0 spiro atoms. The molecule has 0 unspecified atom stereocenters. The number of hydrogen-bond donors (Lipinski definition) is 1. The van der Waals surface area contributed by atoms with Gasteiger partial charge >= 0.3 is 23.9 Å². The Balaban J connectivity index is 2.80. The SMILES string of the molecule is COC(=O)[C@@]1(OCc2cccc(F)c2F)C[C@H](OC(C)=O)[C@@H](NS(C)(=O)=O)[C@H]([C@H](OC(C)=O)[C@@H](CN=[N+]=[N-])OC(C)=O)O1. The van der Waals surface area contributed by atoms with Crippen molar-refractivity contribution in [3.63, 3.8) is 0 Å². The third kappa shape index (κ3) is 9.82. The number of hydrogen-bond acceptors (Lipinski definition) is 13. The van der Waals surface area contributed by atoms with Gasteiger partial charge in [-0.25, -0.2) is 26.7 Å².